The average molecular weight is 553 g/mol. The lowest BCUT2D eigenvalue weighted by Crippen LogP contribution is -3.00. The van der Waals surface area contributed by atoms with Gasteiger partial charge in [-0.15, -0.1) is 0 Å². The van der Waals surface area contributed by atoms with Crippen molar-refractivity contribution in [3.8, 4) is 0 Å². The molecule has 0 aromatic heterocycles. The molecule has 0 unspecified atom stereocenters. The molecular weight excluding hydrogens is 525 g/mol. The lowest BCUT2D eigenvalue weighted by atomic mass is 10.1. The Kier molecular flexibility index (Phi) is 12.8. The van der Waals surface area contributed by atoms with Gasteiger partial charge in [-0.2, -0.15) is 26.3 Å². The summed E-state index contributed by atoms with van der Waals surface area (Å²) in [6.45, 7) is 2.79. The number of quaternary nitrogens is 2. The number of benzene rings is 3. The Hall–Kier alpha value is -2.26. The lowest BCUT2D eigenvalue weighted by Gasteiger charge is -2.09. The largest absolute Gasteiger partial charge is 1.00 e. The van der Waals surface area contributed by atoms with Crippen LogP contribution in [0.15, 0.2) is 72.8 Å². The van der Waals surface area contributed by atoms with Crippen molar-refractivity contribution in [2.24, 2.45) is 0 Å². The molecule has 0 aliphatic rings. The van der Waals surface area contributed by atoms with Gasteiger partial charge >= 0.3 is 12.4 Å². The van der Waals surface area contributed by atoms with E-state index in [9.17, 15) is 26.3 Å². The van der Waals surface area contributed by atoms with Crippen LogP contribution in [0.3, 0.4) is 0 Å². The molecule has 198 valence electrons. The smallest absolute Gasteiger partial charge is 0.416 e. The fourth-order valence-electron chi connectivity index (χ4n) is 3.76. The summed E-state index contributed by atoms with van der Waals surface area (Å²) < 4.78 is 76.9. The van der Waals surface area contributed by atoms with Crippen molar-refractivity contribution in [2.75, 3.05) is 13.1 Å². The zero-order valence-electron chi connectivity index (χ0n) is 19.3. The highest BCUT2D eigenvalue weighted by molar-refractivity contribution is 5.27. The summed E-state index contributed by atoms with van der Waals surface area (Å²) in [4.78, 5) is 0. The minimum atomic E-state index is -4.33. The van der Waals surface area contributed by atoms with Crippen LogP contribution in [0.2, 0.25) is 0 Å². The standard InChI is InChI=1S/C26H26F6N2.2ClH/c27-25(28,29)23-8-2-4-19(15-23)10-12-33-17-21-6-1-7-22(14-21)18-34-13-11-20-5-3-9-24(16-20)26(30,31)32;;/h1-9,14-16,33-34H,10-13,17-18H2;2*1H. The highest BCUT2D eigenvalue weighted by Gasteiger charge is 2.31. The third kappa shape index (κ3) is 10.4. The second-order valence-electron chi connectivity index (χ2n) is 8.28. The zero-order chi connectivity index (χ0) is 24.6. The van der Waals surface area contributed by atoms with Crippen LogP contribution in [0, 0.1) is 0 Å². The molecule has 0 heterocycles. The third-order valence-electron chi connectivity index (χ3n) is 5.53. The van der Waals surface area contributed by atoms with Crippen molar-refractivity contribution in [3.63, 3.8) is 0 Å². The normalized spacial score (nSPS) is 11.5. The first-order valence-corrected chi connectivity index (χ1v) is 11.1. The molecule has 4 N–H and O–H groups in total. The van der Waals surface area contributed by atoms with E-state index in [1.165, 1.54) is 24.3 Å². The first kappa shape index (κ1) is 31.8. The van der Waals surface area contributed by atoms with Gasteiger partial charge in [-0.05, 0) is 29.3 Å². The molecule has 3 aromatic rings. The molecule has 0 aliphatic carbocycles. The number of halogens is 8. The Morgan fingerprint density at radius 3 is 1.25 bits per heavy atom. The average Bonchev–Trinajstić information content (AvgIpc) is 2.79. The Labute approximate surface area is 219 Å². The maximum absolute atomic E-state index is 12.8. The summed E-state index contributed by atoms with van der Waals surface area (Å²) in [5, 5.41) is 4.13. The minimum Gasteiger partial charge on any atom is -1.00 e. The van der Waals surface area contributed by atoms with E-state index in [1.807, 2.05) is 18.2 Å². The van der Waals surface area contributed by atoms with Gasteiger partial charge in [-0.3, -0.25) is 0 Å². The maximum Gasteiger partial charge on any atom is 0.416 e. The first-order valence-electron chi connectivity index (χ1n) is 11.1. The molecule has 3 rings (SSSR count). The van der Waals surface area contributed by atoms with Gasteiger partial charge in [0.15, 0.2) is 0 Å². The van der Waals surface area contributed by atoms with Crippen LogP contribution in [0.1, 0.15) is 33.4 Å². The molecule has 0 radical (unpaired) electrons. The van der Waals surface area contributed by atoms with E-state index in [2.05, 4.69) is 16.7 Å². The fourth-order valence-corrected chi connectivity index (χ4v) is 3.76. The SMILES string of the molecule is FC(F)(F)c1cccc(CC[NH2+]Cc2cccc(C[NH2+]CCc3cccc(C(F)(F)F)c3)c2)c1.[Cl-].[Cl-]. The summed E-state index contributed by atoms with van der Waals surface area (Å²) in [6.07, 6.45) is -7.56. The van der Waals surface area contributed by atoms with Crippen LogP contribution >= 0.6 is 0 Å². The molecule has 0 aliphatic heterocycles. The topological polar surface area (TPSA) is 33.2 Å². The summed E-state index contributed by atoms with van der Waals surface area (Å²) in [5.41, 5.74) is 2.31. The molecule has 0 bridgehead atoms. The van der Waals surface area contributed by atoms with E-state index in [0.717, 1.165) is 36.3 Å². The highest BCUT2D eigenvalue weighted by atomic mass is 35.5. The number of alkyl halides is 6. The van der Waals surface area contributed by atoms with E-state index >= 15 is 0 Å². The van der Waals surface area contributed by atoms with Crippen molar-refractivity contribution >= 4 is 0 Å². The first-order chi connectivity index (χ1) is 16.1. The predicted octanol–water partition coefficient (Wildman–Crippen LogP) is -1.66. The van der Waals surface area contributed by atoms with Crippen LogP contribution in [0.4, 0.5) is 26.3 Å². The van der Waals surface area contributed by atoms with Crippen molar-refractivity contribution in [2.45, 2.75) is 38.3 Å². The summed E-state index contributed by atoms with van der Waals surface area (Å²) in [6, 6.07) is 18.9. The molecule has 0 saturated carbocycles. The van der Waals surface area contributed by atoms with E-state index in [0.29, 0.717) is 37.1 Å². The van der Waals surface area contributed by atoms with Gasteiger partial charge in [-0.25, -0.2) is 0 Å². The third-order valence-corrected chi connectivity index (χ3v) is 5.53. The summed E-state index contributed by atoms with van der Waals surface area (Å²) >= 11 is 0. The van der Waals surface area contributed by atoms with Gasteiger partial charge < -0.3 is 35.4 Å². The van der Waals surface area contributed by atoms with Crippen LogP contribution in [-0.4, -0.2) is 13.1 Å². The predicted molar refractivity (Wildman–Crippen MR) is 118 cm³/mol. The lowest BCUT2D eigenvalue weighted by molar-refractivity contribution is -0.671. The molecule has 3 aromatic carbocycles. The van der Waals surface area contributed by atoms with Crippen LogP contribution < -0.4 is 35.4 Å². The van der Waals surface area contributed by atoms with Crippen LogP contribution in [-0.2, 0) is 38.3 Å². The Morgan fingerprint density at radius 2 is 0.861 bits per heavy atom. The Balaban J connectivity index is 0.00000324. The number of nitrogens with two attached hydrogens (primary N) is 2. The van der Waals surface area contributed by atoms with Gasteiger partial charge in [0.05, 0.1) is 24.2 Å². The minimum absolute atomic E-state index is 0. The van der Waals surface area contributed by atoms with Crippen molar-refractivity contribution in [1.29, 1.82) is 0 Å². The molecule has 0 saturated heterocycles. The Morgan fingerprint density at radius 1 is 0.500 bits per heavy atom. The van der Waals surface area contributed by atoms with E-state index in [-0.39, 0.29) is 24.8 Å². The van der Waals surface area contributed by atoms with E-state index in [1.54, 1.807) is 12.1 Å². The van der Waals surface area contributed by atoms with Gasteiger partial charge in [0.2, 0.25) is 0 Å². The van der Waals surface area contributed by atoms with Crippen molar-refractivity contribution < 1.29 is 61.8 Å². The van der Waals surface area contributed by atoms with Crippen LogP contribution in [0.5, 0.6) is 0 Å². The van der Waals surface area contributed by atoms with E-state index < -0.39 is 23.5 Å². The number of hydrogen-bond donors (Lipinski definition) is 2. The molecule has 10 heteroatoms. The number of hydrogen-bond acceptors (Lipinski definition) is 0. The molecule has 36 heavy (non-hydrogen) atoms. The molecular formula is C26H28Cl2F6N2. The molecule has 2 nitrogen and oxygen atoms in total. The quantitative estimate of drug-likeness (QED) is 0.223. The fraction of sp³-hybridized carbons (Fsp3) is 0.308. The van der Waals surface area contributed by atoms with Gasteiger partial charge in [0, 0.05) is 24.0 Å². The van der Waals surface area contributed by atoms with Crippen molar-refractivity contribution in [1.82, 2.24) is 0 Å². The second-order valence-corrected chi connectivity index (χ2v) is 8.28. The van der Waals surface area contributed by atoms with Crippen LogP contribution in [0.25, 0.3) is 0 Å². The monoisotopic (exact) mass is 552 g/mol. The Bertz CT molecular complexity index is 990. The van der Waals surface area contributed by atoms with Gasteiger partial charge in [0.25, 0.3) is 0 Å². The molecule has 0 atom stereocenters. The molecule has 0 amide bonds. The summed E-state index contributed by atoms with van der Waals surface area (Å²) in [5.74, 6) is 0. The summed E-state index contributed by atoms with van der Waals surface area (Å²) in [7, 11) is 0. The van der Waals surface area contributed by atoms with Gasteiger partial charge in [-0.1, -0.05) is 54.6 Å². The van der Waals surface area contributed by atoms with E-state index in [4.69, 9.17) is 0 Å². The number of rotatable bonds is 10. The highest BCUT2D eigenvalue weighted by Crippen LogP contribution is 2.30. The van der Waals surface area contributed by atoms with Gasteiger partial charge in [0.1, 0.15) is 13.1 Å². The molecule has 0 spiro atoms. The van der Waals surface area contributed by atoms with Crippen molar-refractivity contribution in [3.05, 3.63) is 106 Å². The zero-order valence-corrected chi connectivity index (χ0v) is 20.9. The second kappa shape index (κ2) is 14.5. The maximum atomic E-state index is 12.8. The molecule has 0 fully saturated rings.